The number of ether oxygens (including phenoxy) is 3. The highest BCUT2D eigenvalue weighted by atomic mass is 16.6. The van der Waals surface area contributed by atoms with Gasteiger partial charge in [-0.1, -0.05) is 30.3 Å². The van der Waals surface area contributed by atoms with Crippen LogP contribution in [0.25, 0.3) is 10.8 Å². The number of hydrogen-bond acceptors (Lipinski definition) is 4. The average Bonchev–Trinajstić information content (AvgIpc) is 2.61. The van der Waals surface area contributed by atoms with Gasteiger partial charge in [0.05, 0.1) is 7.11 Å². The fourth-order valence-corrected chi connectivity index (χ4v) is 2.34. The summed E-state index contributed by atoms with van der Waals surface area (Å²) in [6.45, 7) is 1.67. The number of carbonyl (C=O) groups is 1. The number of carbonyl (C=O) groups excluding carboxylic acids is 1. The average molecular weight is 322 g/mol. The van der Waals surface area contributed by atoms with Crippen LogP contribution in [0.1, 0.15) is 6.92 Å². The van der Waals surface area contributed by atoms with Crippen molar-refractivity contribution < 1.29 is 19.0 Å². The molecule has 0 aliphatic carbocycles. The molecule has 0 N–H and O–H groups in total. The van der Waals surface area contributed by atoms with Crippen LogP contribution < -0.4 is 14.2 Å². The summed E-state index contributed by atoms with van der Waals surface area (Å²) in [6, 6.07) is 20.4. The molecular weight excluding hydrogens is 304 g/mol. The van der Waals surface area contributed by atoms with E-state index in [9.17, 15) is 4.79 Å². The zero-order valence-electron chi connectivity index (χ0n) is 13.6. The first-order valence-electron chi connectivity index (χ1n) is 7.67. The van der Waals surface area contributed by atoms with E-state index in [2.05, 4.69) is 0 Å². The van der Waals surface area contributed by atoms with Crippen LogP contribution in [0, 0.1) is 0 Å². The summed E-state index contributed by atoms with van der Waals surface area (Å²) in [5, 5.41) is 1.99. The maximum atomic E-state index is 12.2. The van der Waals surface area contributed by atoms with Gasteiger partial charge in [0.1, 0.15) is 17.2 Å². The molecule has 3 aromatic carbocycles. The zero-order chi connectivity index (χ0) is 16.9. The third-order valence-corrected chi connectivity index (χ3v) is 3.63. The van der Waals surface area contributed by atoms with Crippen molar-refractivity contribution in [3.63, 3.8) is 0 Å². The number of methoxy groups -OCH3 is 1. The van der Waals surface area contributed by atoms with Crippen molar-refractivity contribution in [2.24, 2.45) is 0 Å². The maximum absolute atomic E-state index is 12.2. The Kier molecular flexibility index (Phi) is 4.66. The molecule has 0 aliphatic heterocycles. The Morgan fingerprint density at radius 1 is 0.833 bits per heavy atom. The van der Waals surface area contributed by atoms with Gasteiger partial charge in [0.15, 0.2) is 6.10 Å². The minimum atomic E-state index is -0.701. The molecule has 0 amide bonds. The Labute approximate surface area is 140 Å². The quantitative estimate of drug-likeness (QED) is 0.521. The lowest BCUT2D eigenvalue weighted by Gasteiger charge is -2.14. The lowest BCUT2D eigenvalue weighted by Crippen LogP contribution is -2.28. The standard InChI is InChI=1S/C20H18O4/c1-14(23-17-6-4-3-5-7-17)20(21)24-19-11-9-15-8-10-18(22-2)12-16(15)13-19/h3-14H,1-2H3. The van der Waals surface area contributed by atoms with E-state index in [4.69, 9.17) is 14.2 Å². The van der Waals surface area contributed by atoms with Crippen LogP contribution in [0.15, 0.2) is 66.7 Å². The summed E-state index contributed by atoms with van der Waals surface area (Å²) in [4.78, 5) is 12.2. The van der Waals surface area contributed by atoms with Crippen LogP contribution in [0.5, 0.6) is 17.2 Å². The third-order valence-electron chi connectivity index (χ3n) is 3.63. The van der Waals surface area contributed by atoms with Gasteiger partial charge in [-0.3, -0.25) is 0 Å². The van der Waals surface area contributed by atoms with Gasteiger partial charge in [-0.05, 0) is 54.1 Å². The van der Waals surface area contributed by atoms with Gasteiger partial charge in [-0.25, -0.2) is 4.79 Å². The normalized spacial score (nSPS) is 11.8. The van der Waals surface area contributed by atoms with E-state index in [1.165, 1.54) is 0 Å². The fraction of sp³-hybridized carbons (Fsp3) is 0.150. The largest absolute Gasteiger partial charge is 0.497 e. The van der Waals surface area contributed by atoms with E-state index in [1.54, 1.807) is 32.2 Å². The van der Waals surface area contributed by atoms with E-state index in [0.717, 1.165) is 16.5 Å². The van der Waals surface area contributed by atoms with Crippen molar-refractivity contribution in [1.82, 2.24) is 0 Å². The molecule has 0 saturated heterocycles. The van der Waals surface area contributed by atoms with Crippen molar-refractivity contribution >= 4 is 16.7 Å². The van der Waals surface area contributed by atoms with Crippen molar-refractivity contribution in [1.29, 1.82) is 0 Å². The SMILES string of the molecule is COc1ccc2ccc(OC(=O)C(C)Oc3ccccc3)cc2c1. The molecule has 1 atom stereocenters. The molecule has 0 fully saturated rings. The molecule has 3 rings (SSSR count). The Morgan fingerprint density at radius 3 is 2.21 bits per heavy atom. The van der Waals surface area contributed by atoms with Gasteiger partial charge < -0.3 is 14.2 Å². The number of fused-ring (bicyclic) bond motifs is 1. The van der Waals surface area contributed by atoms with Gasteiger partial charge in [-0.2, -0.15) is 0 Å². The van der Waals surface area contributed by atoms with E-state index in [0.29, 0.717) is 11.5 Å². The molecule has 1 unspecified atom stereocenters. The fourth-order valence-electron chi connectivity index (χ4n) is 2.34. The van der Waals surface area contributed by atoms with Crippen LogP contribution in [0.3, 0.4) is 0 Å². The summed E-state index contributed by atoms with van der Waals surface area (Å²) < 4.78 is 16.2. The van der Waals surface area contributed by atoms with Gasteiger partial charge in [0.25, 0.3) is 0 Å². The smallest absolute Gasteiger partial charge is 0.352 e. The number of hydrogen-bond donors (Lipinski definition) is 0. The first-order valence-corrected chi connectivity index (χ1v) is 7.67. The molecule has 0 radical (unpaired) electrons. The van der Waals surface area contributed by atoms with Crippen LogP contribution in [0.2, 0.25) is 0 Å². The molecule has 0 heterocycles. The lowest BCUT2D eigenvalue weighted by molar-refractivity contribution is -0.141. The van der Waals surface area contributed by atoms with Crippen LogP contribution in [-0.4, -0.2) is 19.2 Å². The van der Waals surface area contributed by atoms with Gasteiger partial charge >= 0.3 is 5.97 Å². The highest BCUT2D eigenvalue weighted by molar-refractivity contribution is 5.86. The lowest BCUT2D eigenvalue weighted by atomic mass is 10.1. The number of para-hydroxylation sites is 1. The molecule has 4 nitrogen and oxygen atoms in total. The summed E-state index contributed by atoms with van der Waals surface area (Å²) in [7, 11) is 1.62. The van der Waals surface area contributed by atoms with Crippen molar-refractivity contribution in [3.05, 3.63) is 66.7 Å². The highest BCUT2D eigenvalue weighted by Crippen LogP contribution is 2.25. The molecule has 0 aromatic heterocycles. The molecule has 0 saturated carbocycles. The third kappa shape index (κ3) is 3.66. The van der Waals surface area contributed by atoms with Gasteiger partial charge in [-0.15, -0.1) is 0 Å². The zero-order valence-corrected chi connectivity index (χ0v) is 13.6. The highest BCUT2D eigenvalue weighted by Gasteiger charge is 2.17. The second kappa shape index (κ2) is 7.04. The second-order valence-electron chi connectivity index (χ2n) is 5.37. The van der Waals surface area contributed by atoms with Crippen LogP contribution >= 0.6 is 0 Å². The van der Waals surface area contributed by atoms with E-state index in [1.807, 2.05) is 48.5 Å². The summed E-state index contributed by atoms with van der Waals surface area (Å²) >= 11 is 0. The Morgan fingerprint density at radius 2 is 1.50 bits per heavy atom. The van der Waals surface area contributed by atoms with Crippen molar-refractivity contribution in [2.75, 3.05) is 7.11 Å². The molecular formula is C20H18O4. The summed E-state index contributed by atoms with van der Waals surface area (Å²) in [5.41, 5.74) is 0. The molecule has 0 bridgehead atoms. The van der Waals surface area contributed by atoms with Gasteiger partial charge in [0.2, 0.25) is 0 Å². The van der Waals surface area contributed by atoms with Crippen molar-refractivity contribution in [2.45, 2.75) is 13.0 Å². The molecule has 122 valence electrons. The number of rotatable bonds is 5. The first kappa shape index (κ1) is 15.9. The topological polar surface area (TPSA) is 44.8 Å². The predicted molar refractivity (Wildman–Crippen MR) is 92.7 cm³/mol. The Hall–Kier alpha value is -3.01. The Bertz CT molecular complexity index is 843. The minimum Gasteiger partial charge on any atom is -0.497 e. The molecule has 4 heteroatoms. The predicted octanol–water partition coefficient (Wildman–Crippen LogP) is 4.22. The summed E-state index contributed by atoms with van der Waals surface area (Å²) in [6.07, 6.45) is -0.701. The number of esters is 1. The van der Waals surface area contributed by atoms with Gasteiger partial charge in [0, 0.05) is 0 Å². The molecule has 24 heavy (non-hydrogen) atoms. The summed E-state index contributed by atoms with van der Waals surface area (Å²) in [5.74, 6) is 1.42. The Balaban J connectivity index is 1.72. The van der Waals surface area contributed by atoms with E-state index in [-0.39, 0.29) is 0 Å². The number of benzene rings is 3. The monoisotopic (exact) mass is 322 g/mol. The molecule has 0 aliphatic rings. The van der Waals surface area contributed by atoms with Crippen molar-refractivity contribution in [3.8, 4) is 17.2 Å². The maximum Gasteiger partial charge on any atom is 0.352 e. The van der Waals surface area contributed by atoms with Crippen LogP contribution in [-0.2, 0) is 4.79 Å². The van der Waals surface area contributed by atoms with Crippen LogP contribution in [0.4, 0.5) is 0 Å². The minimum absolute atomic E-state index is 0.443. The molecule has 0 spiro atoms. The second-order valence-corrected chi connectivity index (χ2v) is 5.37. The first-order chi connectivity index (χ1) is 11.7. The van der Waals surface area contributed by atoms with E-state index < -0.39 is 12.1 Å². The van der Waals surface area contributed by atoms with E-state index >= 15 is 0 Å². The molecule has 3 aromatic rings.